The molecule has 2 aromatic rings. The van der Waals surface area contributed by atoms with Crippen LogP contribution in [-0.2, 0) is 21.9 Å². The van der Waals surface area contributed by atoms with Gasteiger partial charge < -0.3 is 10.2 Å². The van der Waals surface area contributed by atoms with Crippen LogP contribution in [0, 0.1) is 0 Å². The first-order chi connectivity index (χ1) is 13.9. The molecule has 0 fully saturated rings. The Kier molecular flexibility index (Phi) is 10.0. The molecule has 4 nitrogen and oxygen atoms in total. The molecule has 0 aliphatic rings. The van der Waals surface area contributed by atoms with Crippen molar-refractivity contribution in [2.24, 2.45) is 0 Å². The fourth-order valence-electron chi connectivity index (χ4n) is 2.68. The lowest BCUT2D eigenvalue weighted by atomic mass is 10.1. The Labute approximate surface area is 190 Å². The average Bonchev–Trinajstić information content (AvgIpc) is 2.72. The highest BCUT2D eigenvalue weighted by Crippen LogP contribution is 2.18. The van der Waals surface area contributed by atoms with Gasteiger partial charge in [-0.15, -0.1) is 11.8 Å². The molecule has 0 saturated carbocycles. The second-order valence-corrected chi connectivity index (χ2v) is 9.07. The molecule has 156 valence electrons. The Balaban J connectivity index is 2.03. The van der Waals surface area contributed by atoms with Crippen LogP contribution in [0.1, 0.15) is 31.4 Å². The highest BCUT2D eigenvalue weighted by molar-refractivity contribution is 9.10. The van der Waals surface area contributed by atoms with Gasteiger partial charge in [0.2, 0.25) is 11.8 Å². The topological polar surface area (TPSA) is 49.4 Å². The van der Waals surface area contributed by atoms with Crippen molar-refractivity contribution >= 4 is 51.1 Å². The van der Waals surface area contributed by atoms with Crippen molar-refractivity contribution in [3.05, 3.63) is 69.2 Å². The second-order valence-electron chi connectivity index (χ2n) is 6.73. The number of rotatable bonds is 10. The first-order valence-electron chi connectivity index (χ1n) is 9.54. The molecule has 0 bridgehead atoms. The van der Waals surface area contributed by atoms with Crippen molar-refractivity contribution in [1.82, 2.24) is 10.2 Å². The molecule has 7 heteroatoms. The average molecular weight is 498 g/mol. The smallest absolute Gasteiger partial charge is 0.242 e. The Hall–Kier alpha value is -1.50. The summed E-state index contributed by atoms with van der Waals surface area (Å²) in [6.07, 6.45) is 0.854. The van der Waals surface area contributed by atoms with Crippen LogP contribution in [0.5, 0.6) is 0 Å². The Morgan fingerprint density at radius 2 is 1.72 bits per heavy atom. The van der Waals surface area contributed by atoms with Crippen LogP contribution in [0.15, 0.2) is 53.0 Å². The summed E-state index contributed by atoms with van der Waals surface area (Å²) < 4.78 is 1.03. The Morgan fingerprint density at radius 3 is 2.34 bits per heavy atom. The van der Waals surface area contributed by atoms with Crippen molar-refractivity contribution in [1.29, 1.82) is 0 Å². The standard InChI is InChI=1S/C22H26BrClN2O2S/c1-3-12-25-22(28)16(2)26(13-17-6-10-20(24)11-7-17)21(27)15-29-14-18-4-8-19(23)9-5-18/h4-11,16H,3,12-15H2,1-2H3,(H,25,28). The van der Waals surface area contributed by atoms with E-state index in [1.54, 1.807) is 35.7 Å². The maximum Gasteiger partial charge on any atom is 0.242 e. The molecule has 0 saturated heterocycles. The molecule has 2 rings (SSSR count). The number of amides is 2. The van der Waals surface area contributed by atoms with Gasteiger partial charge in [0, 0.05) is 28.3 Å². The fraction of sp³-hybridized carbons (Fsp3) is 0.364. The van der Waals surface area contributed by atoms with Crippen molar-refractivity contribution in [3.63, 3.8) is 0 Å². The quantitative estimate of drug-likeness (QED) is 0.486. The normalized spacial score (nSPS) is 11.7. The van der Waals surface area contributed by atoms with Gasteiger partial charge in [-0.3, -0.25) is 9.59 Å². The summed E-state index contributed by atoms with van der Waals surface area (Å²) in [5.74, 6) is 0.868. The highest BCUT2D eigenvalue weighted by atomic mass is 79.9. The van der Waals surface area contributed by atoms with E-state index < -0.39 is 6.04 Å². The third-order valence-electron chi connectivity index (χ3n) is 4.39. The van der Waals surface area contributed by atoms with Gasteiger partial charge in [-0.25, -0.2) is 0 Å². The highest BCUT2D eigenvalue weighted by Gasteiger charge is 2.25. The molecule has 0 spiro atoms. The summed E-state index contributed by atoms with van der Waals surface area (Å²) in [7, 11) is 0. The van der Waals surface area contributed by atoms with Gasteiger partial charge in [-0.1, -0.05) is 58.7 Å². The van der Waals surface area contributed by atoms with Gasteiger partial charge in [0.05, 0.1) is 5.75 Å². The lowest BCUT2D eigenvalue weighted by molar-refractivity contribution is -0.138. The summed E-state index contributed by atoms with van der Waals surface area (Å²) in [4.78, 5) is 27.1. The SMILES string of the molecule is CCCNC(=O)C(C)N(Cc1ccc(Cl)cc1)C(=O)CSCc1ccc(Br)cc1. The lowest BCUT2D eigenvalue weighted by Crippen LogP contribution is -2.48. The van der Waals surface area contributed by atoms with Crippen LogP contribution in [0.4, 0.5) is 0 Å². The van der Waals surface area contributed by atoms with Gasteiger partial charge in [0.1, 0.15) is 6.04 Å². The molecule has 2 aromatic carbocycles. The molecular weight excluding hydrogens is 472 g/mol. The van der Waals surface area contributed by atoms with Crippen molar-refractivity contribution < 1.29 is 9.59 Å². The molecule has 0 radical (unpaired) electrons. The van der Waals surface area contributed by atoms with Crippen LogP contribution in [0.2, 0.25) is 5.02 Å². The van der Waals surface area contributed by atoms with E-state index in [1.807, 2.05) is 43.3 Å². The summed E-state index contributed by atoms with van der Waals surface area (Å²) >= 11 is 10.9. The van der Waals surface area contributed by atoms with E-state index >= 15 is 0 Å². The molecule has 1 N–H and O–H groups in total. The van der Waals surface area contributed by atoms with Gasteiger partial charge in [-0.2, -0.15) is 0 Å². The third kappa shape index (κ3) is 8.03. The fourth-order valence-corrected chi connectivity index (χ4v) is 3.95. The van der Waals surface area contributed by atoms with Crippen LogP contribution >= 0.6 is 39.3 Å². The minimum Gasteiger partial charge on any atom is -0.354 e. The van der Waals surface area contributed by atoms with Crippen molar-refractivity contribution in [2.75, 3.05) is 12.3 Å². The lowest BCUT2D eigenvalue weighted by Gasteiger charge is -2.28. The number of benzene rings is 2. The van der Waals surface area contributed by atoms with Gasteiger partial charge >= 0.3 is 0 Å². The minimum absolute atomic E-state index is 0.0544. The predicted octanol–water partition coefficient (Wildman–Crippen LogP) is 5.28. The molecule has 0 heterocycles. The molecule has 29 heavy (non-hydrogen) atoms. The van der Waals surface area contributed by atoms with Crippen LogP contribution in [-0.4, -0.2) is 35.1 Å². The molecule has 0 aromatic heterocycles. The largest absolute Gasteiger partial charge is 0.354 e. The van der Waals surface area contributed by atoms with E-state index in [1.165, 1.54) is 0 Å². The van der Waals surface area contributed by atoms with Crippen LogP contribution < -0.4 is 5.32 Å². The summed E-state index contributed by atoms with van der Waals surface area (Å²) in [5.41, 5.74) is 2.10. The zero-order valence-electron chi connectivity index (χ0n) is 16.7. The maximum absolute atomic E-state index is 13.0. The minimum atomic E-state index is -0.544. The molecule has 0 aliphatic heterocycles. The zero-order chi connectivity index (χ0) is 21.2. The molecule has 2 amide bonds. The number of hydrogen-bond donors (Lipinski definition) is 1. The van der Waals surface area contributed by atoms with Crippen molar-refractivity contribution in [2.45, 2.75) is 38.6 Å². The monoisotopic (exact) mass is 496 g/mol. The summed E-state index contributed by atoms with van der Waals surface area (Å²) in [6, 6.07) is 14.9. The number of thioether (sulfide) groups is 1. The number of carbonyl (C=O) groups is 2. The third-order valence-corrected chi connectivity index (χ3v) is 6.16. The number of nitrogens with one attached hydrogen (secondary N) is 1. The Bertz CT molecular complexity index is 799. The summed E-state index contributed by atoms with van der Waals surface area (Å²) in [5, 5.41) is 3.53. The number of nitrogens with zero attached hydrogens (tertiary/aromatic N) is 1. The first kappa shape index (κ1) is 23.8. The van der Waals surface area contributed by atoms with Gasteiger partial charge in [-0.05, 0) is 48.7 Å². The molecular formula is C22H26BrClN2O2S. The van der Waals surface area contributed by atoms with Crippen LogP contribution in [0.25, 0.3) is 0 Å². The number of carbonyl (C=O) groups excluding carboxylic acids is 2. The first-order valence-corrected chi connectivity index (χ1v) is 11.9. The van der Waals surface area contributed by atoms with Crippen molar-refractivity contribution in [3.8, 4) is 0 Å². The number of hydrogen-bond acceptors (Lipinski definition) is 3. The van der Waals surface area contributed by atoms with E-state index in [0.717, 1.165) is 27.8 Å². The predicted molar refractivity (Wildman–Crippen MR) is 125 cm³/mol. The molecule has 0 aliphatic carbocycles. The molecule has 1 unspecified atom stereocenters. The van der Waals surface area contributed by atoms with E-state index in [4.69, 9.17) is 11.6 Å². The van der Waals surface area contributed by atoms with E-state index in [0.29, 0.717) is 23.9 Å². The maximum atomic E-state index is 13.0. The van der Waals surface area contributed by atoms with Gasteiger partial charge in [0.25, 0.3) is 0 Å². The van der Waals surface area contributed by atoms with E-state index in [-0.39, 0.29) is 11.8 Å². The van der Waals surface area contributed by atoms with E-state index in [2.05, 4.69) is 21.2 Å². The number of halogens is 2. The molecule has 1 atom stereocenters. The second kappa shape index (κ2) is 12.3. The zero-order valence-corrected chi connectivity index (χ0v) is 19.8. The Morgan fingerprint density at radius 1 is 1.10 bits per heavy atom. The van der Waals surface area contributed by atoms with Crippen LogP contribution in [0.3, 0.4) is 0 Å². The van der Waals surface area contributed by atoms with E-state index in [9.17, 15) is 9.59 Å². The summed E-state index contributed by atoms with van der Waals surface area (Å²) in [6.45, 7) is 4.75. The van der Waals surface area contributed by atoms with Gasteiger partial charge in [0.15, 0.2) is 0 Å².